The molecule has 0 aliphatic heterocycles. The lowest BCUT2D eigenvalue weighted by molar-refractivity contribution is 0.302. The van der Waals surface area contributed by atoms with Crippen LogP contribution in [0.4, 0.5) is 0 Å². The first-order valence-corrected chi connectivity index (χ1v) is 10.5. The monoisotopic (exact) mass is 515 g/mol. The molecule has 0 aromatic heterocycles. The minimum absolute atomic E-state index is 0.468. The number of hydrogen-bond acceptors (Lipinski definition) is 2. The van der Waals surface area contributed by atoms with Gasteiger partial charge in [-0.2, -0.15) is 5.26 Å². The summed E-state index contributed by atoms with van der Waals surface area (Å²) in [5.74, 6) is 0.717. The number of allylic oxidation sites excluding steroid dienone is 1. The molecule has 28 heavy (non-hydrogen) atoms. The summed E-state index contributed by atoms with van der Waals surface area (Å²) < 4.78 is 7.59. The molecule has 0 saturated carbocycles. The Morgan fingerprint density at radius 3 is 2.32 bits per heavy atom. The van der Waals surface area contributed by atoms with Gasteiger partial charge in [-0.05, 0) is 74.2 Å². The Hall–Kier alpha value is -2.06. The molecule has 0 aliphatic rings. The van der Waals surface area contributed by atoms with Gasteiger partial charge < -0.3 is 4.74 Å². The molecule has 0 heterocycles. The summed E-state index contributed by atoms with van der Waals surface area (Å²) in [7, 11) is 0. The van der Waals surface area contributed by atoms with Crippen molar-refractivity contribution in [3.8, 4) is 11.8 Å². The van der Waals surface area contributed by atoms with E-state index in [2.05, 4.69) is 69.1 Å². The van der Waals surface area contributed by atoms with Gasteiger partial charge in [0.05, 0.1) is 20.6 Å². The van der Waals surface area contributed by atoms with Crippen LogP contribution in [0.2, 0.25) is 5.02 Å². The van der Waals surface area contributed by atoms with Gasteiger partial charge in [-0.15, -0.1) is 0 Å². The topological polar surface area (TPSA) is 33.0 Å². The van der Waals surface area contributed by atoms with Crippen LogP contribution in [-0.2, 0) is 6.61 Å². The van der Waals surface area contributed by atoms with Gasteiger partial charge in [-0.25, -0.2) is 0 Å². The molecule has 0 aliphatic carbocycles. The van der Waals surface area contributed by atoms with Crippen LogP contribution in [0.25, 0.3) is 11.6 Å². The van der Waals surface area contributed by atoms with E-state index in [0.29, 0.717) is 28.5 Å². The number of rotatable bonds is 5. The van der Waals surface area contributed by atoms with Crippen LogP contribution in [0.3, 0.4) is 0 Å². The van der Waals surface area contributed by atoms with Gasteiger partial charge in [0, 0.05) is 10.6 Å². The molecule has 0 fully saturated rings. The molecule has 0 atom stereocenters. The Morgan fingerprint density at radius 1 is 1.07 bits per heavy atom. The maximum Gasteiger partial charge on any atom is 0.148 e. The van der Waals surface area contributed by atoms with Crippen molar-refractivity contribution in [2.24, 2.45) is 0 Å². The van der Waals surface area contributed by atoms with Gasteiger partial charge in [-0.1, -0.05) is 59.6 Å². The average Bonchev–Trinajstić information content (AvgIpc) is 2.67. The number of benzene rings is 3. The molecule has 0 amide bonds. The predicted molar refractivity (Wildman–Crippen MR) is 122 cm³/mol. The molecule has 0 bridgehead atoms. The summed E-state index contributed by atoms with van der Waals surface area (Å²) in [5.41, 5.74) is 4.38. The molecule has 0 spiro atoms. The van der Waals surface area contributed by atoms with Gasteiger partial charge in [0.2, 0.25) is 0 Å². The molecule has 0 radical (unpaired) electrons. The van der Waals surface area contributed by atoms with Crippen molar-refractivity contribution in [1.29, 1.82) is 5.26 Å². The standard InChI is InChI=1S/C23H16Br2ClNO/c1-15-6-8-16(9-7-15)14-28-23-20(24)11-17(12-21(23)25)10-18(13-27)19-4-2-3-5-22(19)26/h2-12H,14H2,1H3. The first kappa shape index (κ1) is 20.7. The predicted octanol–water partition coefficient (Wildman–Crippen LogP) is 7.82. The van der Waals surface area contributed by atoms with E-state index in [1.54, 1.807) is 12.1 Å². The number of hydrogen-bond donors (Lipinski definition) is 0. The van der Waals surface area contributed by atoms with E-state index in [9.17, 15) is 5.26 Å². The summed E-state index contributed by atoms with van der Waals surface area (Å²) in [4.78, 5) is 0. The fraction of sp³-hybridized carbons (Fsp3) is 0.0870. The second-order valence-corrected chi connectivity index (χ2v) is 8.35. The molecule has 0 unspecified atom stereocenters. The molecular weight excluding hydrogens is 502 g/mol. The van der Waals surface area contributed by atoms with Crippen LogP contribution in [0, 0.1) is 18.3 Å². The van der Waals surface area contributed by atoms with Gasteiger partial charge in [0.1, 0.15) is 12.4 Å². The Bertz CT molecular complexity index is 1050. The molecule has 3 aromatic carbocycles. The number of nitriles is 1. The van der Waals surface area contributed by atoms with E-state index in [1.165, 1.54) is 5.56 Å². The van der Waals surface area contributed by atoms with Crippen LogP contribution >= 0.6 is 43.5 Å². The molecule has 140 valence electrons. The van der Waals surface area contributed by atoms with Crippen LogP contribution in [-0.4, -0.2) is 0 Å². The van der Waals surface area contributed by atoms with Gasteiger partial charge in [0.15, 0.2) is 0 Å². The zero-order valence-corrected chi connectivity index (χ0v) is 19.0. The van der Waals surface area contributed by atoms with E-state index in [1.807, 2.05) is 30.3 Å². The molecule has 0 N–H and O–H groups in total. The largest absolute Gasteiger partial charge is 0.487 e. The third-order valence-corrected chi connectivity index (χ3v) is 5.63. The van der Waals surface area contributed by atoms with Crippen molar-refractivity contribution >= 4 is 55.1 Å². The summed E-state index contributed by atoms with van der Waals surface area (Å²) >= 11 is 13.4. The Balaban J connectivity index is 1.86. The lowest BCUT2D eigenvalue weighted by Gasteiger charge is -2.12. The third-order valence-electron chi connectivity index (χ3n) is 4.12. The number of nitrogens with zero attached hydrogens (tertiary/aromatic N) is 1. The van der Waals surface area contributed by atoms with E-state index in [0.717, 1.165) is 20.1 Å². The van der Waals surface area contributed by atoms with Crippen molar-refractivity contribution in [3.63, 3.8) is 0 Å². The highest BCUT2D eigenvalue weighted by atomic mass is 79.9. The zero-order valence-electron chi connectivity index (χ0n) is 15.0. The van der Waals surface area contributed by atoms with E-state index >= 15 is 0 Å². The van der Waals surface area contributed by atoms with Gasteiger partial charge >= 0.3 is 0 Å². The third kappa shape index (κ3) is 5.05. The molecule has 3 rings (SSSR count). The van der Waals surface area contributed by atoms with E-state index in [-0.39, 0.29) is 0 Å². The van der Waals surface area contributed by atoms with Crippen LogP contribution < -0.4 is 4.74 Å². The lowest BCUT2D eigenvalue weighted by atomic mass is 10.0. The first-order chi connectivity index (χ1) is 13.5. The number of halogens is 3. The van der Waals surface area contributed by atoms with Crippen molar-refractivity contribution in [3.05, 3.63) is 96.9 Å². The van der Waals surface area contributed by atoms with Crippen LogP contribution in [0.15, 0.2) is 69.6 Å². The summed E-state index contributed by atoms with van der Waals surface area (Å²) in [6.07, 6.45) is 1.81. The van der Waals surface area contributed by atoms with Gasteiger partial charge in [0.25, 0.3) is 0 Å². The minimum atomic E-state index is 0.468. The quantitative estimate of drug-likeness (QED) is 0.255. The second-order valence-electron chi connectivity index (χ2n) is 6.24. The summed E-state index contributed by atoms with van der Waals surface area (Å²) in [6, 6.07) is 21.6. The Kier molecular flexibility index (Phi) is 6.96. The SMILES string of the molecule is Cc1ccc(COc2c(Br)cc(C=C(C#N)c3ccccc3Cl)cc2Br)cc1. The van der Waals surface area contributed by atoms with Crippen molar-refractivity contribution in [2.75, 3.05) is 0 Å². The van der Waals surface area contributed by atoms with Gasteiger partial charge in [-0.3, -0.25) is 0 Å². The smallest absolute Gasteiger partial charge is 0.148 e. The van der Waals surface area contributed by atoms with Crippen molar-refractivity contribution < 1.29 is 4.74 Å². The molecule has 3 aromatic rings. The zero-order chi connectivity index (χ0) is 20.1. The molecule has 0 saturated heterocycles. The normalized spacial score (nSPS) is 11.2. The number of aryl methyl sites for hydroxylation is 1. The highest BCUT2D eigenvalue weighted by molar-refractivity contribution is 9.11. The van der Waals surface area contributed by atoms with E-state index < -0.39 is 0 Å². The van der Waals surface area contributed by atoms with Crippen LogP contribution in [0.1, 0.15) is 22.3 Å². The minimum Gasteiger partial charge on any atom is -0.487 e. The molecule has 2 nitrogen and oxygen atoms in total. The second kappa shape index (κ2) is 9.43. The number of ether oxygens (including phenoxy) is 1. The maximum absolute atomic E-state index is 9.56. The lowest BCUT2D eigenvalue weighted by Crippen LogP contribution is -1.97. The average molecular weight is 518 g/mol. The highest BCUT2D eigenvalue weighted by Gasteiger charge is 2.11. The maximum atomic E-state index is 9.56. The summed E-state index contributed by atoms with van der Waals surface area (Å²) in [6.45, 7) is 2.53. The highest BCUT2D eigenvalue weighted by Crippen LogP contribution is 2.36. The summed E-state index contributed by atoms with van der Waals surface area (Å²) in [5, 5.41) is 10.1. The molecular formula is C23H16Br2ClNO. The fourth-order valence-electron chi connectivity index (χ4n) is 2.66. The Morgan fingerprint density at radius 2 is 1.71 bits per heavy atom. The Labute approximate surface area is 186 Å². The molecule has 5 heteroatoms. The van der Waals surface area contributed by atoms with Crippen LogP contribution in [0.5, 0.6) is 5.75 Å². The fourth-order valence-corrected chi connectivity index (χ4v) is 4.35. The van der Waals surface area contributed by atoms with E-state index in [4.69, 9.17) is 16.3 Å². The van der Waals surface area contributed by atoms with Crippen molar-refractivity contribution in [2.45, 2.75) is 13.5 Å². The first-order valence-electron chi connectivity index (χ1n) is 8.52. The van der Waals surface area contributed by atoms with Crippen molar-refractivity contribution in [1.82, 2.24) is 0 Å².